The third kappa shape index (κ3) is 5.80. The van der Waals surface area contributed by atoms with E-state index in [-0.39, 0.29) is 24.0 Å². The maximum absolute atomic E-state index is 12.2. The van der Waals surface area contributed by atoms with Crippen LogP contribution in [0.5, 0.6) is 11.5 Å². The number of carbonyl (C=O) groups is 1. The maximum atomic E-state index is 12.2. The van der Waals surface area contributed by atoms with Crippen molar-refractivity contribution in [1.82, 2.24) is 0 Å². The quantitative estimate of drug-likeness (QED) is 0.744. The van der Waals surface area contributed by atoms with Crippen LogP contribution in [-0.2, 0) is 10.2 Å². The van der Waals surface area contributed by atoms with Crippen LogP contribution in [-0.4, -0.2) is 18.6 Å². The second-order valence-corrected chi connectivity index (χ2v) is 7.44. The molecule has 0 aliphatic heterocycles. The Hall–Kier alpha value is -2.49. The smallest absolute Gasteiger partial charge is 0.262 e. The van der Waals surface area contributed by atoms with Crippen molar-refractivity contribution in [2.24, 2.45) is 0 Å². The first-order valence-corrected chi connectivity index (χ1v) is 9.08. The third-order valence-corrected chi connectivity index (χ3v) is 4.10. The minimum Gasteiger partial charge on any atom is -0.491 e. The maximum Gasteiger partial charge on any atom is 0.262 e. The van der Waals surface area contributed by atoms with Gasteiger partial charge in [0.05, 0.1) is 6.10 Å². The summed E-state index contributed by atoms with van der Waals surface area (Å²) in [6.07, 6.45) is 1.12. The topological polar surface area (TPSA) is 47.6 Å². The van der Waals surface area contributed by atoms with Gasteiger partial charge in [0, 0.05) is 5.69 Å². The van der Waals surface area contributed by atoms with Crippen LogP contribution in [0.25, 0.3) is 0 Å². The Kier molecular flexibility index (Phi) is 6.67. The van der Waals surface area contributed by atoms with Gasteiger partial charge in [0.25, 0.3) is 5.91 Å². The van der Waals surface area contributed by atoms with Crippen molar-refractivity contribution in [3.63, 3.8) is 0 Å². The van der Waals surface area contributed by atoms with Gasteiger partial charge in [-0.1, -0.05) is 45.9 Å². The number of amides is 1. The normalized spacial score (nSPS) is 12.3. The standard InChI is InChI=1S/C22H29NO3/c1-6-16(2)26-18-13-11-17(12-14-18)23-21(24)15-25-20-10-8-7-9-19(20)22(3,4)5/h7-14,16H,6,15H2,1-5H3,(H,23,24). The van der Waals surface area contributed by atoms with E-state index in [4.69, 9.17) is 9.47 Å². The van der Waals surface area contributed by atoms with Crippen LogP contribution in [0.15, 0.2) is 48.5 Å². The zero-order valence-corrected chi connectivity index (χ0v) is 16.3. The van der Waals surface area contributed by atoms with Crippen molar-refractivity contribution in [3.8, 4) is 11.5 Å². The summed E-state index contributed by atoms with van der Waals surface area (Å²) in [6, 6.07) is 15.2. The van der Waals surface area contributed by atoms with E-state index in [0.29, 0.717) is 0 Å². The van der Waals surface area contributed by atoms with Crippen molar-refractivity contribution in [1.29, 1.82) is 0 Å². The van der Waals surface area contributed by atoms with Gasteiger partial charge in [-0.25, -0.2) is 0 Å². The molecule has 4 heteroatoms. The van der Waals surface area contributed by atoms with Crippen LogP contribution in [0.3, 0.4) is 0 Å². The molecule has 1 unspecified atom stereocenters. The van der Waals surface area contributed by atoms with Gasteiger partial charge in [0.1, 0.15) is 11.5 Å². The number of ether oxygens (including phenoxy) is 2. The van der Waals surface area contributed by atoms with Crippen molar-refractivity contribution in [2.75, 3.05) is 11.9 Å². The van der Waals surface area contributed by atoms with Gasteiger partial charge in [-0.15, -0.1) is 0 Å². The predicted octanol–water partition coefficient (Wildman–Crippen LogP) is 5.18. The highest BCUT2D eigenvalue weighted by molar-refractivity contribution is 5.91. The van der Waals surface area contributed by atoms with Crippen LogP contribution < -0.4 is 14.8 Å². The first kappa shape index (κ1) is 19.8. The van der Waals surface area contributed by atoms with Crippen LogP contribution in [0, 0.1) is 0 Å². The highest BCUT2D eigenvalue weighted by atomic mass is 16.5. The Morgan fingerprint density at radius 2 is 1.73 bits per heavy atom. The van der Waals surface area contributed by atoms with E-state index >= 15 is 0 Å². The van der Waals surface area contributed by atoms with Crippen molar-refractivity contribution in [2.45, 2.75) is 52.6 Å². The lowest BCUT2D eigenvalue weighted by atomic mass is 9.86. The van der Waals surface area contributed by atoms with E-state index < -0.39 is 0 Å². The summed E-state index contributed by atoms with van der Waals surface area (Å²) in [5, 5.41) is 2.85. The van der Waals surface area contributed by atoms with Crippen LogP contribution in [0.1, 0.15) is 46.6 Å². The first-order chi connectivity index (χ1) is 12.3. The molecule has 26 heavy (non-hydrogen) atoms. The Morgan fingerprint density at radius 3 is 2.35 bits per heavy atom. The second kappa shape index (κ2) is 8.75. The van der Waals surface area contributed by atoms with Crippen LogP contribution in [0.2, 0.25) is 0 Å². The van der Waals surface area contributed by atoms with E-state index in [1.54, 1.807) is 0 Å². The van der Waals surface area contributed by atoms with E-state index in [1.165, 1.54) is 0 Å². The van der Waals surface area contributed by atoms with E-state index in [2.05, 4.69) is 33.0 Å². The molecule has 0 aliphatic carbocycles. The summed E-state index contributed by atoms with van der Waals surface area (Å²) < 4.78 is 11.5. The molecule has 2 rings (SSSR count). The van der Waals surface area contributed by atoms with E-state index in [1.807, 2.05) is 55.5 Å². The van der Waals surface area contributed by atoms with Gasteiger partial charge in [0.2, 0.25) is 0 Å². The molecule has 0 aliphatic rings. The lowest BCUT2D eigenvalue weighted by molar-refractivity contribution is -0.118. The molecule has 0 heterocycles. The summed E-state index contributed by atoms with van der Waals surface area (Å²) >= 11 is 0. The molecule has 0 bridgehead atoms. The van der Waals surface area contributed by atoms with Crippen molar-refractivity contribution >= 4 is 11.6 Å². The summed E-state index contributed by atoms with van der Waals surface area (Å²) in [5.41, 5.74) is 1.76. The fourth-order valence-electron chi connectivity index (χ4n) is 2.48. The predicted molar refractivity (Wildman–Crippen MR) is 106 cm³/mol. The van der Waals surface area contributed by atoms with Gasteiger partial charge in [0.15, 0.2) is 6.61 Å². The number of nitrogens with one attached hydrogen (secondary N) is 1. The van der Waals surface area contributed by atoms with Gasteiger partial charge in [-0.05, 0) is 54.7 Å². The molecule has 2 aromatic rings. The van der Waals surface area contributed by atoms with Gasteiger partial charge in [-0.3, -0.25) is 4.79 Å². The molecular formula is C22H29NO3. The molecule has 0 radical (unpaired) electrons. The average molecular weight is 355 g/mol. The molecular weight excluding hydrogens is 326 g/mol. The lowest BCUT2D eigenvalue weighted by Gasteiger charge is -2.22. The zero-order valence-electron chi connectivity index (χ0n) is 16.3. The summed E-state index contributed by atoms with van der Waals surface area (Å²) in [6.45, 7) is 10.5. The van der Waals surface area contributed by atoms with Crippen LogP contribution in [0.4, 0.5) is 5.69 Å². The third-order valence-electron chi connectivity index (χ3n) is 4.10. The highest BCUT2D eigenvalue weighted by Crippen LogP contribution is 2.30. The van der Waals surface area contributed by atoms with Gasteiger partial charge < -0.3 is 14.8 Å². The van der Waals surface area contributed by atoms with Crippen LogP contribution >= 0.6 is 0 Å². The number of anilines is 1. The zero-order chi connectivity index (χ0) is 19.2. The Bertz CT molecular complexity index is 717. The number of hydrogen-bond donors (Lipinski definition) is 1. The number of rotatable bonds is 7. The average Bonchev–Trinajstić information content (AvgIpc) is 2.61. The summed E-state index contributed by atoms with van der Waals surface area (Å²) in [5.74, 6) is 1.35. The molecule has 2 aromatic carbocycles. The molecule has 0 spiro atoms. The Balaban J connectivity index is 1.92. The van der Waals surface area contributed by atoms with Crippen molar-refractivity contribution in [3.05, 3.63) is 54.1 Å². The summed E-state index contributed by atoms with van der Waals surface area (Å²) in [4.78, 5) is 12.2. The molecule has 1 amide bonds. The number of hydrogen-bond acceptors (Lipinski definition) is 3. The molecule has 0 aromatic heterocycles. The number of benzene rings is 2. The Labute approximate surface area is 156 Å². The monoisotopic (exact) mass is 355 g/mol. The molecule has 1 atom stereocenters. The fourth-order valence-corrected chi connectivity index (χ4v) is 2.48. The molecule has 4 nitrogen and oxygen atoms in total. The number of carbonyl (C=O) groups excluding carboxylic acids is 1. The highest BCUT2D eigenvalue weighted by Gasteiger charge is 2.18. The molecule has 0 saturated carbocycles. The lowest BCUT2D eigenvalue weighted by Crippen LogP contribution is -2.22. The van der Waals surface area contributed by atoms with Crippen molar-refractivity contribution < 1.29 is 14.3 Å². The molecule has 140 valence electrons. The minimum atomic E-state index is -0.190. The number of para-hydroxylation sites is 1. The van der Waals surface area contributed by atoms with Gasteiger partial charge in [-0.2, -0.15) is 0 Å². The first-order valence-electron chi connectivity index (χ1n) is 9.08. The van der Waals surface area contributed by atoms with E-state index in [0.717, 1.165) is 29.2 Å². The Morgan fingerprint density at radius 1 is 1.08 bits per heavy atom. The second-order valence-electron chi connectivity index (χ2n) is 7.44. The minimum absolute atomic E-state index is 0.0296. The molecule has 0 fully saturated rings. The molecule has 1 N–H and O–H groups in total. The summed E-state index contributed by atoms with van der Waals surface area (Å²) in [7, 11) is 0. The molecule has 0 saturated heterocycles. The van der Waals surface area contributed by atoms with E-state index in [9.17, 15) is 4.79 Å². The van der Waals surface area contributed by atoms with Gasteiger partial charge >= 0.3 is 0 Å². The fraction of sp³-hybridized carbons (Fsp3) is 0.409. The largest absolute Gasteiger partial charge is 0.491 e. The SMILES string of the molecule is CCC(C)Oc1ccc(NC(=O)COc2ccccc2C(C)(C)C)cc1.